The minimum Gasteiger partial charge on any atom is -0.285 e. The highest BCUT2D eigenvalue weighted by atomic mass is 16.2. The van der Waals surface area contributed by atoms with Gasteiger partial charge in [-0.05, 0) is 90.3 Å². The number of rotatable bonds is 6. The number of nitriles is 1. The fourth-order valence-corrected chi connectivity index (χ4v) is 4.25. The smallest absolute Gasteiger partial charge is 0.265 e. The molecule has 35 heavy (non-hydrogen) atoms. The van der Waals surface area contributed by atoms with Crippen LogP contribution in [0.15, 0.2) is 66.8 Å². The summed E-state index contributed by atoms with van der Waals surface area (Å²) in [7, 11) is 0. The van der Waals surface area contributed by atoms with Crippen molar-refractivity contribution in [2.75, 3.05) is 13.1 Å². The van der Waals surface area contributed by atoms with E-state index in [1.165, 1.54) is 6.42 Å². The standard InChI is InChI=1S/C31H37N3O/c1-7-24(27-17-23(21-32)18-28(19-27)31(4,5)6)20-29(22(2)3)25-11-13-26(14-12-25)30(35)33-34-15-9-8-10-16-34/h7,11-14,17-20H,2,8-10,15-16H2,1,3-6H3,(H,33,35)/b24-7?,29-20+. The first-order chi connectivity index (χ1) is 16.6. The van der Waals surface area contributed by atoms with Crippen LogP contribution in [0.4, 0.5) is 0 Å². The van der Waals surface area contributed by atoms with E-state index < -0.39 is 0 Å². The second-order valence-corrected chi connectivity index (χ2v) is 10.3. The van der Waals surface area contributed by atoms with Gasteiger partial charge in [0.15, 0.2) is 0 Å². The predicted octanol–water partition coefficient (Wildman–Crippen LogP) is 7.05. The van der Waals surface area contributed by atoms with Gasteiger partial charge in [0.1, 0.15) is 0 Å². The zero-order valence-corrected chi connectivity index (χ0v) is 21.7. The first-order valence-electron chi connectivity index (χ1n) is 12.4. The summed E-state index contributed by atoms with van der Waals surface area (Å²) in [5.41, 5.74) is 10.3. The second kappa shape index (κ2) is 11.3. The number of hydrogen-bond acceptors (Lipinski definition) is 3. The van der Waals surface area contributed by atoms with Gasteiger partial charge in [-0.2, -0.15) is 5.26 Å². The maximum Gasteiger partial charge on any atom is 0.265 e. The van der Waals surface area contributed by atoms with Gasteiger partial charge in [-0.25, -0.2) is 5.01 Å². The van der Waals surface area contributed by atoms with E-state index in [0.717, 1.165) is 59.3 Å². The van der Waals surface area contributed by atoms with E-state index in [9.17, 15) is 10.1 Å². The van der Waals surface area contributed by atoms with Crippen LogP contribution in [0.1, 0.15) is 86.5 Å². The Bertz CT molecular complexity index is 1180. The van der Waals surface area contributed by atoms with Gasteiger partial charge in [0, 0.05) is 18.7 Å². The fourth-order valence-electron chi connectivity index (χ4n) is 4.25. The van der Waals surface area contributed by atoms with Crippen LogP contribution in [0.5, 0.6) is 0 Å². The highest BCUT2D eigenvalue weighted by Crippen LogP contribution is 2.31. The number of carbonyl (C=O) groups is 1. The highest BCUT2D eigenvalue weighted by molar-refractivity contribution is 5.95. The summed E-state index contributed by atoms with van der Waals surface area (Å²) in [6.07, 6.45) is 7.64. The summed E-state index contributed by atoms with van der Waals surface area (Å²) in [4.78, 5) is 12.7. The van der Waals surface area contributed by atoms with Crippen LogP contribution in [0.3, 0.4) is 0 Å². The molecule has 0 unspecified atom stereocenters. The number of hydrazine groups is 1. The van der Waals surface area contributed by atoms with Gasteiger partial charge in [0.05, 0.1) is 11.6 Å². The zero-order chi connectivity index (χ0) is 25.6. The lowest BCUT2D eigenvalue weighted by Gasteiger charge is -2.26. The molecule has 1 amide bonds. The van der Waals surface area contributed by atoms with E-state index >= 15 is 0 Å². The van der Waals surface area contributed by atoms with Crippen LogP contribution < -0.4 is 5.43 Å². The van der Waals surface area contributed by atoms with E-state index in [-0.39, 0.29) is 11.3 Å². The van der Waals surface area contributed by atoms with Gasteiger partial charge in [-0.15, -0.1) is 0 Å². The average molecular weight is 468 g/mol. The number of allylic oxidation sites excluding steroid dienone is 5. The van der Waals surface area contributed by atoms with Crippen molar-refractivity contribution in [1.29, 1.82) is 5.26 Å². The molecular formula is C31H37N3O. The van der Waals surface area contributed by atoms with Crippen LogP contribution in [-0.4, -0.2) is 24.0 Å². The predicted molar refractivity (Wildman–Crippen MR) is 146 cm³/mol. The number of carbonyl (C=O) groups excluding carboxylic acids is 1. The Hall–Kier alpha value is -3.42. The van der Waals surface area contributed by atoms with Crippen molar-refractivity contribution in [2.45, 2.75) is 59.3 Å². The van der Waals surface area contributed by atoms with Crippen LogP contribution in [-0.2, 0) is 5.41 Å². The summed E-state index contributed by atoms with van der Waals surface area (Å²) in [6, 6.07) is 16.1. The molecule has 1 aliphatic rings. The third kappa shape index (κ3) is 6.81. The Morgan fingerprint density at radius 2 is 1.66 bits per heavy atom. The molecule has 1 heterocycles. The number of benzene rings is 2. The van der Waals surface area contributed by atoms with Crippen LogP contribution >= 0.6 is 0 Å². The van der Waals surface area contributed by atoms with Crippen LogP contribution in [0, 0.1) is 11.3 Å². The summed E-state index contributed by atoms with van der Waals surface area (Å²) in [6.45, 7) is 16.5. The fraction of sp³-hybridized carbons (Fsp3) is 0.355. The van der Waals surface area contributed by atoms with Crippen molar-refractivity contribution in [1.82, 2.24) is 10.4 Å². The van der Waals surface area contributed by atoms with Gasteiger partial charge < -0.3 is 0 Å². The normalized spacial score (nSPS) is 15.4. The summed E-state index contributed by atoms with van der Waals surface area (Å²) < 4.78 is 0. The first kappa shape index (κ1) is 26.2. The number of hydrogen-bond donors (Lipinski definition) is 1. The SMILES string of the molecule is C=C(C)/C(=C\C(=CC)c1cc(C#N)cc(C(C)(C)C)c1)c1ccc(C(=O)NN2CCCCC2)cc1. The van der Waals surface area contributed by atoms with Gasteiger partial charge in [0.25, 0.3) is 5.91 Å². The molecule has 1 aliphatic heterocycles. The van der Waals surface area contributed by atoms with Crippen LogP contribution in [0.2, 0.25) is 0 Å². The van der Waals surface area contributed by atoms with Crippen molar-refractivity contribution >= 4 is 17.1 Å². The van der Waals surface area contributed by atoms with Gasteiger partial charge in [-0.1, -0.05) is 63.6 Å². The quantitative estimate of drug-likeness (QED) is 0.463. The van der Waals surface area contributed by atoms with Crippen molar-refractivity contribution in [3.05, 3.63) is 94.6 Å². The van der Waals surface area contributed by atoms with Gasteiger partial charge in [-0.3, -0.25) is 10.2 Å². The highest BCUT2D eigenvalue weighted by Gasteiger charge is 2.17. The van der Waals surface area contributed by atoms with Gasteiger partial charge in [0.2, 0.25) is 0 Å². The first-order valence-corrected chi connectivity index (χ1v) is 12.4. The number of amides is 1. The third-order valence-corrected chi connectivity index (χ3v) is 6.41. The molecule has 0 bridgehead atoms. The zero-order valence-electron chi connectivity index (χ0n) is 21.7. The summed E-state index contributed by atoms with van der Waals surface area (Å²) >= 11 is 0. The molecule has 2 aromatic carbocycles. The molecule has 3 rings (SSSR count). The molecule has 1 N–H and O–H groups in total. The van der Waals surface area contributed by atoms with Crippen molar-refractivity contribution in [2.24, 2.45) is 0 Å². The maximum atomic E-state index is 12.7. The van der Waals surface area contributed by atoms with E-state index in [0.29, 0.717) is 11.1 Å². The molecule has 0 aromatic heterocycles. The molecule has 0 spiro atoms. The Morgan fingerprint density at radius 3 is 2.20 bits per heavy atom. The maximum absolute atomic E-state index is 12.7. The lowest BCUT2D eigenvalue weighted by Crippen LogP contribution is -2.45. The number of piperidine rings is 1. The third-order valence-electron chi connectivity index (χ3n) is 6.41. The average Bonchev–Trinajstić information content (AvgIpc) is 2.84. The molecular weight excluding hydrogens is 430 g/mol. The van der Waals surface area contributed by atoms with Crippen molar-refractivity contribution in [3.8, 4) is 6.07 Å². The largest absolute Gasteiger partial charge is 0.285 e. The molecule has 4 nitrogen and oxygen atoms in total. The Kier molecular flexibility index (Phi) is 8.48. The Balaban J connectivity index is 1.90. The van der Waals surface area contributed by atoms with Crippen molar-refractivity contribution < 1.29 is 4.79 Å². The van der Waals surface area contributed by atoms with Gasteiger partial charge >= 0.3 is 0 Å². The lowest BCUT2D eigenvalue weighted by molar-refractivity contribution is 0.0750. The molecule has 1 fully saturated rings. The summed E-state index contributed by atoms with van der Waals surface area (Å²) in [5.74, 6) is -0.0727. The molecule has 1 saturated heterocycles. The molecule has 0 aliphatic carbocycles. The minimum atomic E-state index is -0.0727. The lowest BCUT2D eigenvalue weighted by atomic mass is 9.83. The molecule has 182 valence electrons. The summed E-state index contributed by atoms with van der Waals surface area (Å²) in [5, 5.41) is 11.6. The number of nitrogens with zero attached hydrogens (tertiary/aromatic N) is 2. The molecule has 2 aromatic rings. The number of nitrogens with one attached hydrogen (secondary N) is 1. The van der Waals surface area contributed by atoms with Crippen molar-refractivity contribution in [3.63, 3.8) is 0 Å². The molecule has 0 atom stereocenters. The van der Waals surface area contributed by atoms with E-state index in [1.54, 1.807) is 0 Å². The van der Waals surface area contributed by atoms with Crippen LogP contribution in [0.25, 0.3) is 11.1 Å². The molecule has 0 radical (unpaired) electrons. The topological polar surface area (TPSA) is 56.1 Å². The van der Waals surface area contributed by atoms with E-state index in [2.05, 4.69) is 57.1 Å². The Labute approximate surface area is 210 Å². The van der Waals surface area contributed by atoms with E-state index in [1.807, 2.05) is 55.3 Å². The van der Waals surface area contributed by atoms with E-state index in [4.69, 9.17) is 0 Å². The minimum absolute atomic E-state index is 0.0635. The second-order valence-electron chi connectivity index (χ2n) is 10.3. The monoisotopic (exact) mass is 467 g/mol. The molecule has 0 saturated carbocycles. The molecule has 4 heteroatoms. The Morgan fingerprint density at radius 1 is 1.03 bits per heavy atom.